The molecule has 2 nitrogen and oxygen atoms in total. The van der Waals surface area contributed by atoms with Gasteiger partial charge in [0.05, 0.1) is 6.20 Å². The zero-order valence-corrected chi connectivity index (χ0v) is 10.2. The maximum atomic E-state index is 12.3. The number of rotatable bonds is 4. The molecule has 0 radical (unpaired) electrons. The lowest BCUT2D eigenvalue weighted by Gasteiger charge is -2.03. The lowest BCUT2D eigenvalue weighted by Crippen LogP contribution is -2.04. The highest BCUT2D eigenvalue weighted by Crippen LogP contribution is 2.34. The van der Waals surface area contributed by atoms with Crippen LogP contribution < -0.4 is 5.32 Å². The minimum atomic E-state index is -4.31. The van der Waals surface area contributed by atoms with Gasteiger partial charge in [-0.25, -0.2) is 4.98 Å². The van der Waals surface area contributed by atoms with Gasteiger partial charge in [0.2, 0.25) is 0 Å². The fourth-order valence-corrected chi connectivity index (χ4v) is 2.15. The summed E-state index contributed by atoms with van der Waals surface area (Å²) in [5, 5.41) is 3.20. The summed E-state index contributed by atoms with van der Waals surface area (Å²) in [5.41, 5.74) is 1.14. The van der Waals surface area contributed by atoms with E-state index < -0.39 is 11.1 Å². The van der Waals surface area contributed by atoms with Crippen molar-refractivity contribution in [3.63, 3.8) is 0 Å². The monoisotopic (exact) mass is 272 g/mol. The van der Waals surface area contributed by atoms with Crippen LogP contribution in [0.2, 0.25) is 0 Å². The number of anilines is 1. The van der Waals surface area contributed by atoms with Gasteiger partial charge in [0.25, 0.3) is 0 Å². The van der Waals surface area contributed by atoms with Crippen molar-refractivity contribution in [3.05, 3.63) is 47.0 Å². The highest BCUT2D eigenvalue weighted by atomic mass is 32.1. The molecule has 0 spiro atoms. The van der Waals surface area contributed by atoms with Crippen LogP contribution in [0.15, 0.2) is 36.5 Å². The quantitative estimate of drug-likeness (QED) is 0.915. The summed E-state index contributed by atoms with van der Waals surface area (Å²) in [6.07, 6.45) is -2.70. The highest BCUT2D eigenvalue weighted by molar-refractivity contribution is 7.15. The van der Waals surface area contributed by atoms with E-state index in [1.54, 1.807) is 0 Å². The van der Waals surface area contributed by atoms with Crippen molar-refractivity contribution in [1.82, 2.24) is 4.98 Å². The summed E-state index contributed by atoms with van der Waals surface area (Å²) in [7, 11) is 0. The largest absolute Gasteiger partial charge is 0.427 e. The number of aromatic nitrogens is 1. The van der Waals surface area contributed by atoms with Crippen LogP contribution in [0.25, 0.3) is 0 Å². The Balaban J connectivity index is 1.86. The minimum absolute atomic E-state index is 0.304. The van der Waals surface area contributed by atoms with E-state index in [1.165, 1.54) is 0 Å². The average molecular weight is 272 g/mol. The summed E-state index contributed by atoms with van der Waals surface area (Å²) >= 11 is 0.628. The van der Waals surface area contributed by atoms with Gasteiger partial charge in [-0.15, -0.1) is 0 Å². The Bertz CT molecular complexity index is 494. The predicted octanol–water partition coefficient (Wildman–Crippen LogP) is 3.82. The smallest absolute Gasteiger partial charge is 0.361 e. The lowest BCUT2D eigenvalue weighted by molar-refractivity contribution is -0.134. The fraction of sp³-hybridized carbons (Fsp3) is 0.250. The zero-order valence-electron chi connectivity index (χ0n) is 9.37. The number of halogens is 3. The second-order valence-corrected chi connectivity index (χ2v) is 4.72. The van der Waals surface area contributed by atoms with Crippen LogP contribution in [0, 0.1) is 0 Å². The maximum Gasteiger partial charge on any atom is 0.427 e. The van der Waals surface area contributed by atoms with Gasteiger partial charge in [-0.1, -0.05) is 41.7 Å². The highest BCUT2D eigenvalue weighted by Gasteiger charge is 2.33. The van der Waals surface area contributed by atoms with Gasteiger partial charge < -0.3 is 5.32 Å². The van der Waals surface area contributed by atoms with Crippen LogP contribution in [0.5, 0.6) is 0 Å². The van der Waals surface area contributed by atoms with E-state index in [-0.39, 0.29) is 0 Å². The van der Waals surface area contributed by atoms with Crippen LogP contribution in [-0.2, 0) is 12.6 Å². The molecule has 18 heavy (non-hydrogen) atoms. The Hall–Kier alpha value is -1.56. The van der Waals surface area contributed by atoms with E-state index in [0.29, 0.717) is 23.0 Å². The number of nitrogens with zero attached hydrogens (tertiary/aromatic N) is 1. The third-order valence-corrected chi connectivity index (χ3v) is 3.32. The summed E-state index contributed by atoms with van der Waals surface area (Å²) in [4.78, 5) is 3.03. The SMILES string of the molecule is FC(F)(F)c1cnc(NCCc2ccccc2)s1. The van der Waals surface area contributed by atoms with E-state index in [0.717, 1.165) is 18.2 Å². The summed E-state index contributed by atoms with van der Waals surface area (Å²) < 4.78 is 37.0. The molecule has 1 aromatic carbocycles. The van der Waals surface area contributed by atoms with Crippen molar-refractivity contribution in [2.75, 3.05) is 11.9 Å². The first-order valence-electron chi connectivity index (χ1n) is 5.36. The second-order valence-electron chi connectivity index (χ2n) is 3.69. The van der Waals surface area contributed by atoms with Crippen molar-refractivity contribution in [2.45, 2.75) is 12.6 Å². The van der Waals surface area contributed by atoms with E-state index in [1.807, 2.05) is 30.3 Å². The predicted molar refractivity (Wildman–Crippen MR) is 65.8 cm³/mol. The van der Waals surface area contributed by atoms with Crippen molar-refractivity contribution < 1.29 is 13.2 Å². The molecule has 96 valence electrons. The molecule has 0 aliphatic carbocycles. The van der Waals surface area contributed by atoms with E-state index >= 15 is 0 Å². The van der Waals surface area contributed by atoms with Gasteiger partial charge in [0.1, 0.15) is 4.88 Å². The number of thiazole rings is 1. The van der Waals surface area contributed by atoms with Crippen molar-refractivity contribution in [2.24, 2.45) is 0 Å². The van der Waals surface area contributed by atoms with Crippen LogP contribution >= 0.6 is 11.3 Å². The standard InChI is InChI=1S/C12H11F3N2S/c13-12(14,15)10-8-17-11(18-10)16-7-6-9-4-2-1-3-5-9/h1-5,8H,6-7H2,(H,16,17). The van der Waals surface area contributed by atoms with Crippen LogP contribution in [0.1, 0.15) is 10.4 Å². The Morgan fingerprint density at radius 3 is 2.50 bits per heavy atom. The Morgan fingerprint density at radius 2 is 1.89 bits per heavy atom. The van der Waals surface area contributed by atoms with Gasteiger partial charge in [0, 0.05) is 6.54 Å². The van der Waals surface area contributed by atoms with Gasteiger partial charge in [-0.2, -0.15) is 13.2 Å². The molecular weight excluding hydrogens is 261 g/mol. The van der Waals surface area contributed by atoms with Crippen LogP contribution in [-0.4, -0.2) is 11.5 Å². The fourth-order valence-electron chi connectivity index (χ4n) is 1.45. The zero-order chi connectivity index (χ0) is 13.0. The van der Waals surface area contributed by atoms with E-state index in [2.05, 4.69) is 10.3 Å². The van der Waals surface area contributed by atoms with Gasteiger partial charge in [0.15, 0.2) is 5.13 Å². The molecule has 2 aromatic rings. The molecule has 0 aliphatic heterocycles. The van der Waals surface area contributed by atoms with Gasteiger partial charge in [-0.05, 0) is 12.0 Å². The Labute approximate surface area is 106 Å². The summed E-state index contributed by atoms with van der Waals surface area (Å²) in [5.74, 6) is 0. The summed E-state index contributed by atoms with van der Waals surface area (Å²) in [6, 6.07) is 9.74. The van der Waals surface area contributed by atoms with Crippen LogP contribution in [0.4, 0.5) is 18.3 Å². The number of hydrogen-bond acceptors (Lipinski definition) is 3. The number of benzene rings is 1. The first-order chi connectivity index (χ1) is 8.55. The molecule has 0 aliphatic rings. The minimum Gasteiger partial charge on any atom is -0.361 e. The topological polar surface area (TPSA) is 24.9 Å². The molecule has 2 rings (SSSR count). The van der Waals surface area contributed by atoms with E-state index in [4.69, 9.17) is 0 Å². The molecule has 1 heterocycles. The van der Waals surface area contributed by atoms with Gasteiger partial charge >= 0.3 is 6.18 Å². The normalized spacial score (nSPS) is 11.5. The third kappa shape index (κ3) is 3.46. The molecule has 0 unspecified atom stereocenters. The second kappa shape index (κ2) is 5.39. The molecule has 0 saturated heterocycles. The molecule has 0 saturated carbocycles. The molecule has 0 bridgehead atoms. The maximum absolute atomic E-state index is 12.3. The molecular formula is C12H11F3N2S. The number of nitrogens with one attached hydrogen (secondary N) is 1. The molecule has 0 fully saturated rings. The Kier molecular flexibility index (Phi) is 3.86. The first-order valence-corrected chi connectivity index (χ1v) is 6.18. The molecule has 6 heteroatoms. The average Bonchev–Trinajstić information content (AvgIpc) is 2.79. The van der Waals surface area contributed by atoms with Crippen LogP contribution in [0.3, 0.4) is 0 Å². The third-order valence-electron chi connectivity index (χ3n) is 2.32. The van der Waals surface area contributed by atoms with E-state index in [9.17, 15) is 13.2 Å². The van der Waals surface area contributed by atoms with Crippen molar-refractivity contribution in [3.8, 4) is 0 Å². The Morgan fingerprint density at radius 1 is 1.17 bits per heavy atom. The lowest BCUT2D eigenvalue weighted by atomic mass is 10.2. The van der Waals surface area contributed by atoms with Gasteiger partial charge in [-0.3, -0.25) is 0 Å². The first kappa shape index (κ1) is 12.9. The number of alkyl halides is 3. The van der Waals surface area contributed by atoms with Crippen molar-refractivity contribution >= 4 is 16.5 Å². The molecule has 1 aromatic heterocycles. The summed E-state index contributed by atoms with van der Waals surface area (Å²) in [6.45, 7) is 0.564. The molecule has 0 amide bonds. The molecule has 1 N–H and O–H groups in total. The number of hydrogen-bond donors (Lipinski definition) is 1. The molecule has 0 atom stereocenters. The van der Waals surface area contributed by atoms with Crippen molar-refractivity contribution in [1.29, 1.82) is 0 Å².